The normalized spacial score (nSPS) is 12.9. The van der Waals surface area contributed by atoms with E-state index in [2.05, 4.69) is 23.9 Å². The van der Waals surface area contributed by atoms with Gasteiger partial charge in [0.15, 0.2) is 0 Å². The van der Waals surface area contributed by atoms with E-state index in [1.165, 1.54) is 0 Å². The highest BCUT2D eigenvalue weighted by Gasteiger charge is 2.13. The number of anilines is 1. The van der Waals surface area contributed by atoms with Crippen LogP contribution in [0.2, 0.25) is 0 Å². The SMILES string of the molecule is CCCS(=O)(=O)Nc1cccc(C(=O)NC(C)CCCC(C)C)c1. The monoisotopic (exact) mass is 354 g/mol. The fourth-order valence-electron chi connectivity index (χ4n) is 2.43. The second kappa shape index (κ2) is 9.67. The van der Waals surface area contributed by atoms with Crippen molar-refractivity contribution in [1.82, 2.24) is 5.32 Å². The second-order valence-corrected chi connectivity index (χ2v) is 8.54. The van der Waals surface area contributed by atoms with E-state index in [4.69, 9.17) is 0 Å². The van der Waals surface area contributed by atoms with E-state index < -0.39 is 10.0 Å². The predicted octanol–water partition coefficient (Wildman–Crippen LogP) is 3.78. The first-order chi connectivity index (χ1) is 11.2. The molecule has 1 atom stereocenters. The number of hydrogen-bond donors (Lipinski definition) is 2. The summed E-state index contributed by atoms with van der Waals surface area (Å²) in [4.78, 5) is 12.3. The third-order valence-electron chi connectivity index (χ3n) is 3.67. The number of nitrogens with one attached hydrogen (secondary N) is 2. The number of carbonyl (C=O) groups excluding carboxylic acids is 1. The molecule has 0 fully saturated rings. The second-order valence-electron chi connectivity index (χ2n) is 6.70. The molecule has 1 unspecified atom stereocenters. The summed E-state index contributed by atoms with van der Waals surface area (Å²) >= 11 is 0. The van der Waals surface area contributed by atoms with Crippen molar-refractivity contribution >= 4 is 21.6 Å². The van der Waals surface area contributed by atoms with Crippen molar-refractivity contribution in [2.45, 2.75) is 59.4 Å². The van der Waals surface area contributed by atoms with Gasteiger partial charge in [-0.3, -0.25) is 9.52 Å². The Hall–Kier alpha value is -1.56. The number of rotatable bonds is 10. The molecule has 1 aromatic rings. The molecule has 6 heteroatoms. The number of amides is 1. The molecule has 0 aliphatic carbocycles. The maximum Gasteiger partial charge on any atom is 0.251 e. The molecular formula is C18H30N2O3S. The predicted molar refractivity (Wildman–Crippen MR) is 99.8 cm³/mol. The Morgan fingerprint density at radius 1 is 1.17 bits per heavy atom. The molecule has 0 spiro atoms. The smallest absolute Gasteiger partial charge is 0.251 e. The number of carbonyl (C=O) groups is 1. The summed E-state index contributed by atoms with van der Waals surface area (Å²) in [5.41, 5.74) is 0.881. The molecule has 1 rings (SSSR count). The van der Waals surface area contributed by atoms with Gasteiger partial charge in [-0.2, -0.15) is 0 Å². The fourth-order valence-corrected chi connectivity index (χ4v) is 3.56. The minimum atomic E-state index is -3.35. The molecular weight excluding hydrogens is 324 g/mol. The Bertz CT molecular complexity index is 627. The zero-order chi connectivity index (χ0) is 18.2. The lowest BCUT2D eigenvalue weighted by Gasteiger charge is -2.15. The molecule has 0 radical (unpaired) electrons. The summed E-state index contributed by atoms with van der Waals surface area (Å²) in [6, 6.07) is 6.69. The first-order valence-electron chi connectivity index (χ1n) is 8.65. The lowest BCUT2D eigenvalue weighted by Crippen LogP contribution is -2.32. The lowest BCUT2D eigenvalue weighted by molar-refractivity contribution is 0.0938. The number of hydrogen-bond acceptors (Lipinski definition) is 3. The number of benzene rings is 1. The van der Waals surface area contributed by atoms with Crippen molar-refractivity contribution in [3.8, 4) is 0 Å². The van der Waals surface area contributed by atoms with E-state index in [0.29, 0.717) is 23.6 Å². The first kappa shape index (κ1) is 20.5. The third kappa shape index (κ3) is 7.81. The molecule has 0 aliphatic rings. The number of sulfonamides is 1. The largest absolute Gasteiger partial charge is 0.350 e. The summed E-state index contributed by atoms with van der Waals surface area (Å²) in [6.45, 7) is 8.18. The van der Waals surface area contributed by atoms with Crippen molar-refractivity contribution in [1.29, 1.82) is 0 Å². The Morgan fingerprint density at radius 3 is 2.50 bits per heavy atom. The fraction of sp³-hybridized carbons (Fsp3) is 0.611. The van der Waals surface area contributed by atoms with E-state index in [1.54, 1.807) is 24.3 Å². The summed E-state index contributed by atoms with van der Waals surface area (Å²) in [6.07, 6.45) is 3.71. The standard InChI is InChI=1S/C18H30N2O3S/c1-5-12-24(22,23)20-17-11-7-10-16(13-17)18(21)19-15(4)9-6-8-14(2)3/h7,10-11,13-15,20H,5-6,8-9,12H2,1-4H3,(H,19,21). The summed E-state index contributed by atoms with van der Waals surface area (Å²) in [5.74, 6) is 0.556. The van der Waals surface area contributed by atoms with E-state index >= 15 is 0 Å². The Morgan fingerprint density at radius 2 is 1.88 bits per heavy atom. The van der Waals surface area contributed by atoms with Crippen LogP contribution in [0, 0.1) is 5.92 Å². The van der Waals surface area contributed by atoms with E-state index in [1.807, 2.05) is 13.8 Å². The maximum atomic E-state index is 12.3. The molecule has 0 heterocycles. The molecule has 1 aromatic carbocycles. The highest BCUT2D eigenvalue weighted by molar-refractivity contribution is 7.92. The van der Waals surface area contributed by atoms with Crippen LogP contribution in [0.25, 0.3) is 0 Å². The van der Waals surface area contributed by atoms with E-state index in [0.717, 1.165) is 19.3 Å². The Kier molecular flexibility index (Phi) is 8.25. The first-order valence-corrected chi connectivity index (χ1v) is 10.3. The zero-order valence-corrected chi connectivity index (χ0v) is 15.9. The van der Waals surface area contributed by atoms with Crippen LogP contribution in [0.4, 0.5) is 5.69 Å². The molecule has 0 saturated heterocycles. The molecule has 1 amide bonds. The van der Waals surface area contributed by atoms with Gasteiger partial charge >= 0.3 is 0 Å². The van der Waals surface area contributed by atoms with Gasteiger partial charge in [0.05, 0.1) is 5.75 Å². The van der Waals surface area contributed by atoms with Gasteiger partial charge in [0.2, 0.25) is 10.0 Å². The summed E-state index contributed by atoms with van der Waals surface area (Å²) in [5, 5.41) is 2.97. The molecule has 0 aromatic heterocycles. The topological polar surface area (TPSA) is 75.3 Å². The van der Waals surface area contributed by atoms with Crippen LogP contribution in [0.1, 0.15) is 63.7 Å². The molecule has 5 nitrogen and oxygen atoms in total. The van der Waals surface area contributed by atoms with E-state index in [9.17, 15) is 13.2 Å². The molecule has 0 saturated carbocycles. The van der Waals surface area contributed by atoms with Crippen LogP contribution in [0.15, 0.2) is 24.3 Å². The highest BCUT2D eigenvalue weighted by atomic mass is 32.2. The van der Waals surface area contributed by atoms with Gasteiger partial charge < -0.3 is 5.32 Å². The van der Waals surface area contributed by atoms with Crippen LogP contribution in [0.3, 0.4) is 0 Å². The molecule has 2 N–H and O–H groups in total. The van der Waals surface area contributed by atoms with Crippen LogP contribution in [-0.2, 0) is 10.0 Å². The quantitative estimate of drug-likeness (QED) is 0.671. The van der Waals surface area contributed by atoms with Gasteiger partial charge in [-0.05, 0) is 43.9 Å². The van der Waals surface area contributed by atoms with Crippen LogP contribution < -0.4 is 10.0 Å². The zero-order valence-electron chi connectivity index (χ0n) is 15.1. The maximum absolute atomic E-state index is 12.3. The van der Waals surface area contributed by atoms with Crippen molar-refractivity contribution in [2.75, 3.05) is 10.5 Å². The van der Waals surface area contributed by atoms with Gasteiger partial charge in [-0.25, -0.2) is 8.42 Å². The lowest BCUT2D eigenvalue weighted by atomic mass is 10.0. The van der Waals surface area contributed by atoms with Gasteiger partial charge in [0, 0.05) is 17.3 Å². The van der Waals surface area contributed by atoms with Crippen LogP contribution >= 0.6 is 0 Å². The average molecular weight is 355 g/mol. The van der Waals surface area contributed by atoms with Crippen molar-refractivity contribution in [2.24, 2.45) is 5.92 Å². The average Bonchev–Trinajstić information content (AvgIpc) is 2.46. The molecule has 0 aliphatic heterocycles. The van der Waals surface area contributed by atoms with Gasteiger partial charge in [-0.1, -0.05) is 39.7 Å². The highest BCUT2D eigenvalue weighted by Crippen LogP contribution is 2.14. The van der Waals surface area contributed by atoms with Gasteiger partial charge in [-0.15, -0.1) is 0 Å². The Balaban J connectivity index is 2.63. The van der Waals surface area contributed by atoms with E-state index in [-0.39, 0.29) is 17.7 Å². The van der Waals surface area contributed by atoms with Gasteiger partial charge in [0.1, 0.15) is 0 Å². The minimum absolute atomic E-state index is 0.0658. The minimum Gasteiger partial charge on any atom is -0.350 e. The van der Waals surface area contributed by atoms with Crippen LogP contribution in [-0.4, -0.2) is 26.1 Å². The third-order valence-corrected chi connectivity index (χ3v) is 5.16. The molecule has 24 heavy (non-hydrogen) atoms. The van der Waals surface area contributed by atoms with Gasteiger partial charge in [0.25, 0.3) is 5.91 Å². The summed E-state index contributed by atoms with van der Waals surface area (Å²) < 4.78 is 26.1. The Labute approximate surface area is 146 Å². The van der Waals surface area contributed by atoms with Crippen molar-refractivity contribution in [3.05, 3.63) is 29.8 Å². The van der Waals surface area contributed by atoms with Crippen LogP contribution in [0.5, 0.6) is 0 Å². The van der Waals surface area contributed by atoms with Crippen molar-refractivity contribution < 1.29 is 13.2 Å². The summed E-state index contributed by atoms with van der Waals surface area (Å²) in [7, 11) is -3.35. The molecule has 0 bridgehead atoms. The molecule has 136 valence electrons. The van der Waals surface area contributed by atoms with Crippen molar-refractivity contribution in [3.63, 3.8) is 0 Å².